The Morgan fingerprint density at radius 2 is 1.69 bits per heavy atom. The van der Waals surface area contributed by atoms with Gasteiger partial charge in [-0.3, -0.25) is 0 Å². The Bertz CT molecular complexity index is 487. The van der Waals surface area contributed by atoms with E-state index in [4.69, 9.17) is 4.74 Å². The van der Waals surface area contributed by atoms with E-state index in [-0.39, 0.29) is 0 Å². The maximum atomic E-state index is 5.32. The lowest BCUT2D eigenvalue weighted by Crippen LogP contribution is -2.53. The van der Waals surface area contributed by atoms with Gasteiger partial charge in [-0.25, -0.2) is 0 Å². The third kappa shape index (κ3) is 2.99. The highest BCUT2D eigenvalue weighted by Crippen LogP contribution is 2.68. The highest BCUT2D eigenvalue weighted by atomic mass is 16.5. The second-order valence-corrected chi connectivity index (χ2v) is 11.2. The van der Waals surface area contributed by atoms with Crippen molar-refractivity contribution in [3.8, 4) is 0 Å². The van der Waals surface area contributed by atoms with Crippen LogP contribution in [0.5, 0.6) is 0 Å². The Hall–Kier alpha value is -0.0400. The fraction of sp³-hybridized carbons (Fsp3) is 1.00. The lowest BCUT2D eigenvalue weighted by atomic mass is 9.44. The molecule has 0 saturated heterocycles. The Balaban J connectivity index is 1.49. The van der Waals surface area contributed by atoms with Crippen molar-refractivity contribution in [3.05, 3.63) is 0 Å². The van der Waals surface area contributed by atoms with Crippen molar-refractivity contribution in [2.24, 2.45) is 46.3 Å². The van der Waals surface area contributed by atoms with Gasteiger partial charge >= 0.3 is 0 Å². The Kier molecular flexibility index (Phi) is 5.50. The van der Waals surface area contributed by atoms with Gasteiger partial charge in [0.1, 0.15) is 0 Å². The molecule has 4 fully saturated rings. The van der Waals surface area contributed by atoms with Crippen LogP contribution in [0.3, 0.4) is 0 Å². The quantitative estimate of drug-likeness (QED) is 0.475. The van der Waals surface area contributed by atoms with E-state index < -0.39 is 0 Å². The van der Waals surface area contributed by atoms with Crippen LogP contribution in [0.1, 0.15) is 97.8 Å². The van der Waals surface area contributed by atoms with Crippen LogP contribution in [0.2, 0.25) is 0 Å². The zero-order valence-corrected chi connectivity index (χ0v) is 18.1. The molecule has 0 spiro atoms. The van der Waals surface area contributed by atoms with Gasteiger partial charge in [-0.15, -0.1) is 0 Å². The van der Waals surface area contributed by atoms with Crippen LogP contribution >= 0.6 is 0 Å². The highest BCUT2D eigenvalue weighted by molar-refractivity contribution is 5.09. The zero-order valence-electron chi connectivity index (χ0n) is 18.1. The second-order valence-electron chi connectivity index (χ2n) is 11.2. The summed E-state index contributed by atoms with van der Waals surface area (Å²) in [5.74, 6) is 6.08. The summed E-state index contributed by atoms with van der Waals surface area (Å²) in [5, 5.41) is 0. The molecule has 26 heavy (non-hydrogen) atoms. The van der Waals surface area contributed by atoms with Gasteiger partial charge in [0.2, 0.25) is 0 Å². The average Bonchev–Trinajstić information content (AvgIpc) is 2.98. The lowest BCUT2D eigenvalue weighted by Gasteiger charge is -2.61. The molecule has 0 N–H and O–H groups in total. The number of fused-ring (bicyclic) bond motifs is 5. The molecule has 0 aromatic carbocycles. The summed E-state index contributed by atoms with van der Waals surface area (Å²) in [6.07, 6.45) is 18.0. The SMILES string of the molecule is COCCC[C@@H](C)[C@H]1CC[C@H]2[C@@H]3CCC4CCCC[C@]4(C)[C@H]3CC[C@]12C. The van der Waals surface area contributed by atoms with Gasteiger partial charge in [-0.2, -0.15) is 0 Å². The molecule has 0 aromatic heterocycles. The van der Waals surface area contributed by atoms with Gasteiger partial charge in [-0.1, -0.05) is 33.6 Å². The fourth-order valence-corrected chi connectivity index (χ4v) is 9.02. The van der Waals surface area contributed by atoms with Crippen LogP contribution in [0.15, 0.2) is 0 Å². The average molecular weight is 361 g/mol. The normalized spacial score (nSPS) is 49.2. The molecule has 4 rings (SSSR count). The standard InChI is InChI=1S/C25H44O/c1-18(8-7-17-26-4)21-12-13-22-20-11-10-19-9-5-6-15-24(19,2)23(20)14-16-25(21,22)3/h18-23H,5-17H2,1-4H3/t18-,19?,20+,21-,22+,23+,24+,25-/m1/s1. The molecule has 8 atom stereocenters. The number of methoxy groups -OCH3 is 1. The maximum absolute atomic E-state index is 5.32. The van der Waals surface area contributed by atoms with Crippen LogP contribution in [0, 0.1) is 46.3 Å². The molecular formula is C25H44O. The molecule has 1 heteroatoms. The first-order valence-electron chi connectivity index (χ1n) is 12.0. The molecule has 0 bridgehead atoms. The third-order valence-electron chi connectivity index (χ3n) is 10.4. The fourth-order valence-electron chi connectivity index (χ4n) is 9.02. The van der Waals surface area contributed by atoms with Gasteiger partial charge in [0.25, 0.3) is 0 Å². The lowest BCUT2D eigenvalue weighted by molar-refractivity contribution is -0.114. The van der Waals surface area contributed by atoms with Crippen LogP contribution in [-0.4, -0.2) is 13.7 Å². The highest BCUT2D eigenvalue weighted by Gasteiger charge is 2.59. The summed E-state index contributed by atoms with van der Waals surface area (Å²) in [5.41, 5.74) is 1.34. The molecule has 0 radical (unpaired) electrons. The number of rotatable bonds is 5. The molecule has 150 valence electrons. The van der Waals surface area contributed by atoms with E-state index >= 15 is 0 Å². The van der Waals surface area contributed by atoms with E-state index in [1.807, 2.05) is 7.11 Å². The summed E-state index contributed by atoms with van der Waals surface area (Å²) in [4.78, 5) is 0. The molecule has 0 heterocycles. The largest absolute Gasteiger partial charge is 0.385 e. The summed E-state index contributed by atoms with van der Waals surface area (Å²) in [6, 6.07) is 0. The molecule has 0 aliphatic heterocycles. The van der Waals surface area contributed by atoms with E-state index in [1.54, 1.807) is 32.1 Å². The monoisotopic (exact) mass is 360 g/mol. The van der Waals surface area contributed by atoms with E-state index in [0.29, 0.717) is 10.8 Å². The number of ether oxygens (including phenoxy) is 1. The summed E-state index contributed by atoms with van der Waals surface area (Å²) < 4.78 is 5.32. The molecule has 4 aliphatic rings. The van der Waals surface area contributed by atoms with Gasteiger partial charge in [0.15, 0.2) is 0 Å². The van der Waals surface area contributed by atoms with Gasteiger partial charge < -0.3 is 4.74 Å². The third-order valence-corrected chi connectivity index (χ3v) is 10.4. The Morgan fingerprint density at radius 3 is 2.50 bits per heavy atom. The van der Waals surface area contributed by atoms with E-state index in [2.05, 4.69) is 20.8 Å². The smallest absolute Gasteiger partial charge is 0.0462 e. The van der Waals surface area contributed by atoms with E-state index in [0.717, 1.165) is 42.1 Å². The van der Waals surface area contributed by atoms with Crippen molar-refractivity contribution in [2.75, 3.05) is 13.7 Å². The van der Waals surface area contributed by atoms with Crippen molar-refractivity contribution < 1.29 is 4.74 Å². The van der Waals surface area contributed by atoms with Crippen LogP contribution in [0.25, 0.3) is 0 Å². The van der Waals surface area contributed by atoms with Crippen LogP contribution in [-0.2, 0) is 4.74 Å². The Labute approximate surface area is 163 Å². The molecular weight excluding hydrogens is 316 g/mol. The predicted molar refractivity (Wildman–Crippen MR) is 110 cm³/mol. The van der Waals surface area contributed by atoms with Crippen molar-refractivity contribution in [1.29, 1.82) is 0 Å². The summed E-state index contributed by atoms with van der Waals surface area (Å²) in [7, 11) is 1.85. The first-order chi connectivity index (χ1) is 12.5. The van der Waals surface area contributed by atoms with Crippen LogP contribution < -0.4 is 0 Å². The van der Waals surface area contributed by atoms with Crippen LogP contribution in [0.4, 0.5) is 0 Å². The van der Waals surface area contributed by atoms with Crippen molar-refractivity contribution in [3.63, 3.8) is 0 Å². The number of hydrogen-bond donors (Lipinski definition) is 0. The van der Waals surface area contributed by atoms with Crippen molar-refractivity contribution in [2.45, 2.75) is 97.8 Å². The second kappa shape index (κ2) is 7.41. The molecule has 4 aliphatic carbocycles. The molecule has 1 unspecified atom stereocenters. The maximum Gasteiger partial charge on any atom is 0.0462 e. The van der Waals surface area contributed by atoms with Crippen molar-refractivity contribution in [1.82, 2.24) is 0 Å². The molecule has 1 nitrogen and oxygen atoms in total. The first-order valence-corrected chi connectivity index (χ1v) is 12.0. The topological polar surface area (TPSA) is 9.23 Å². The van der Waals surface area contributed by atoms with E-state index in [9.17, 15) is 0 Å². The van der Waals surface area contributed by atoms with Crippen molar-refractivity contribution >= 4 is 0 Å². The predicted octanol–water partition coefficient (Wildman–Crippen LogP) is 7.10. The molecule has 0 amide bonds. The minimum atomic E-state index is 0.644. The van der Waals surface area contributed by atoms with Gasteiger partial charge in [0.05, 0.1) is 0 Å². The van der Waals surface area contributed by atoms with Gasteiger partial charge in [-0.05, 0) is 111 Å². The van der Waals surface area contributed by atoms with Gasteiger partial charge in [0, 0.05) is 13.7 Å². The first kappa shape index (κ1) is 19.3. The summed E-state index contributed by atoms with van der Waals surface area (Å²) >= 11 is 0. The minimum absolute atomic E-state index is 0.644. The summed E-state index contributed by atoms with van der Waals surface area (Å²) in [6.45, 7) is 8.94. The number of hydrogen-bond acceptors (Lipinski definition) is 1. The minimum Gasteiger partial charge on any atom is -0.385 e. The van der Waals surface area contributed by atoms with E-state index in [1.165, 1.54) is 44.9 Å². The molecule has 4 saturated carbocycles. The Morgan fingerprint density at radius 1 is 0.885 bits per heavy atom. The molecule has 0 aromatic rings. The zero-order chi connectivity index (χ0) is 18.4.